The summed E-state index contributed by atoms with van der Waals surface area (Å²) in [5, 5.41) is 3.13. The second kappa shape index (κ2) is 8.60. The number of benzene rings is 2. The van der Waals surface area contributed by atoms with Crippen molar-refractivity contribution in [1.82, 2.24) is 14.9 Å². The Morgan fingerprint density at radius 1 is 0.966 bits per heavy atom. The van der Waals surface area contributed by atoms with Crippen LogP contribution in [0.4, 0.5) is 17.3 Å². The van der Waals surface area contributed by atoms with E-state index in [1.54, 1.807) is 19.4 Å². The molecule has 0 radical (unpaired) electrons. The number of anilines is 3. The average Bonchev–Trinajstić information content (AvgIpc) is 2.79. The number of nitrogens with one attached hydrogen (secondary N) is 1. The second-order valence-electron chi connectivity index (χ2n) is 6.71. The van der Waals surface area contributed by atoms with Gasteiger partial charge in [-0.3, -0.25) is 4.79 Å². The topological polar surface area (TPSA) is 70.6 Å². The third-order valence-electron chi connectivity index (χ3n) is 4.90. The minimum atomic E-state index is -0.0804. The van der Waals surface area contributed by atoms with Crippen LogP contribution in [0.25, 0.3) is 0 Å². The van der Waals surface area contributed by atoms with Crippen molar-refractivity contribution in [2.45, 2.75) is 0 Å². The maximum atomic E-state index is 12.9. The molecule has 0 aliphatic carbocycles. The molecule has 1 amide bonds. The molecular weight excluding hydrogens is 366 g/mol. The van der Waals surface area contributed by atoms with Gasteiger partial charge in [0.05, 0.1) is 12.8 Å². The van der Waals surface area contributed by atoms with Crippen molar-refractivity contribution in [3.8, 4) is 5.75 Å². The molecule has 1 aliphatic heterocycles. The predicted molar refractivity (Wildman–Crippen MR) is 113 cm³/mol. The summed E-state index contributed by atoms with van der Waals surface area (Å²) in [5.41, 5.74) is 2.32. The van der Waals surface area contributed by atoms with E-state index in [-0.39, 0.29) is 5.91 Å². The van der Waals surface area contributed by atoms with Gasteiger partial charge in [0.15, 0.2) is 0 Å². The molecular formula is C22H23N5O2. The van der Waals surface area contributed by atoms with E-state index in [4.69, 9.17) is 4.74 Å². The zero-order valence-electron chi connectivity index (χ0n) is 16.3. The molecule has 0 unspecified atom stereocenters. The number of para-hydroxylation sites is 3. The maximum Gasteiger partial charge on any atom is 0.272 e. The molecule has 4 rings (SSSR count). The molecule has 2 heterocycles. The van der Waals surface area contributed by atoms with Gasteiger partial charge in [-0.2, -0.15) is 0 Å². The van der Waals surface area contributed by atoms with Crippen molar-refractivity contribution in [3.05, 3.63) is 72.6 Å². The molecule has 1 N–H and O–H groups in total. The number of aromatic nitrogens is 2. The van der Waals surface area contributed by atoms with E-state index in [0.717, 1.165) is 30.2 Å². The Morgan fingerprint density at radius 3 is 2.45 bits per heavy atom. The Balaban J connectivity index is 1.41. The van der Waals surface area contributed by atoms with Crippen LogP contribution >= 0.6 is 0 Å². The van der Waals surface area contributed by atoms with Gasteiger partial charge in [-0.25, -0.2) is 9.97 Å². The third kappa shape index (κ3) is 4.29. The number of amides is 1. The molecule has 3 aromatic rings. The Hall–Kier alpha value is -3.61. The summed E-state index contributed by atoms with van der Waals surface area (Å²) in [6, 6.07) is 19.3. The average molecular weight is 389 g/mol. The summed E-state index contributed by atoms with van der Waals surface area (Å²) in [4.78, 5) is 25.6. The van der Waals surface area contributed by atoms with E-state index in [1.165, 1.54) is 0 Å². The van der Waals surface area contributed by atoms with Crippen molar-refractivity contribution in [1.29, 1.82) is 0 Å². The molecule has 29 heavy (non-hydrogen) atoms. The van der Waals surface area contributed by atoms with Crippen LogP contribution in [0, 0.1) is 0 Å². The normalized spacial score (nSPS) is 13.8. The van der Waals surface area contributed by atoms with E-state index in [0.29, 0.717) is 24.7 Å². The smallest absolute Gasteiger partial charge is 0.272 e. The zero-order chi connectivity index (χ0) is 20.1. The predicted octanol–water partition coefficient (Wildman–Crippen LogP) is 3.19. The molecule has 2 aromatic carbocycles. The molecule has 0 bridgehead atoms. The van der Waals surface area contributed by atoms with Crippen molar-refractivity contribution < 1.29 is 9.53 Å². The summed E-state index contributed by atoms with van der Waals surface area (Å²) in [6.07, 6.45) is 1.61. The van der Waals surface area contributed by atoms with Gasteiger partial charge in [-0.05, 0) is 30.3 Å². The molecule has 0 atom stereocenters. The Kier molecular flexibility index (Phi) is 5.56. The number of carbonyl (C=O) groups is 1. The van der Waals surface area contributed by atoms with Gasteiger partial charge in [0.1, 0.15) is 11.4 Å². The quantitative estimate of drug-likeness (QED) is 0.723. The maximum absolute atomic E-state index is 12.9. The lowest BCUT2D eigenvalue weighted by Gasteiger charge is -2.36. The van der Waals surface area contributed by atoms with E-state index in [1.807, 2.05) is 59.5 Å². The van der Waals surface area contributed by atoms with Crippen LogP contribution in [0.3, 0.4) is 0 Å². The molecule has 1 aromatic heterocycles. The van der Waals surface area contributed by atoms with Gasteiger partial charge in [0.25, 0.3) is 5.91 Å². The molecule has 148 valence electrons. The van der Waals surface area contributed by atoms with Gasteiger partial charge in [-0.15, -0.1) is 0 Å². The van der Waals surface area contributed by atoms with Crippen molar-refractivity contribution in [3.63, 3.8) is 0 Å². The van der Waals surface area contributed by atoms with Crippen LogP contribution in [0.1, 0.15) is 10.5 Å². The highest BCUT2D eigenvalue weighted by Gasteiger charge is 2.24. The minimum Gasteiger partial charge on any atom is -0.495 e. The van der Waals surface area contributed by atoms with Gasteiger partial charge >= 0.3 is 0 Å². The summed E-state index contributed by atoms with van der Waals surface area (Å²) in [7, 11) is 1.68. The highest BCUT2D eigenvalue weighted by molar-refractivity contribution is 5.92. The van der Waals surface area contributed by atoms with Gasteiger partial charge in [0.2, 0.25) is 5.95 Å². The lowest BCUT2D eigenvalue weighted by atomic mass is 10.2. The first-order valence-corrected chi connectivity index (χ1v) is 9.57. The van der Waals surface area contributed by atoms with E-state index < -0.39 is 0 Å². The first kappa shape index (κ1) is 18.7. The zero-order valence-corrected chi connectivity index (χ0v) is 16.3. The summed E-state index contributed by atoms with van der Waals surface area (Å²) >= 11 is 0. The number of carbonyl (C=O) groups excluding carboxylic acids is 1. The largest absolute Gasteiger partial charge is 0.495 e. The van der Waals surface area contributed by atoms with Crippen LogP contribution in [0.5, 0.6) is 5.75 Å². The number of hydrogen-bond acceptors (Lipinski definition) is 6. The molecule has 0 spiro atoms. The third-order valence-corrected chi connectivity index (χ3v) is 4.90. The Bertz CT molecular complexity index is 972. The van der Waals surface area contributed by atoms with E-state index in [9.17, 15) is 4.79 Å². The summed E-state index contributed by atoms with van der Waals surface area (Å²) in [5.74, 6) is 1.18. The summed E-state index contributed by atoms with van der Waals surface area (Å²) < 4.78 is 5.46. The fourth-order valence-corrected chi connectivity index (χ4v) is 3.39. The van der Waals surface area contributed by atoms with Crippen LogP contribution in [0.2, 0.25) is 0 Å². The van der Waals surface area contributed by atoms with Crippen molar-refractivity contribution >= 4 is 23.2 Å². The molecule has 1 fully saturated rings. The van der Waals surface area contributed by atoms with Crippen LogP contribution < -0.4 is 15.0 Å². The molecule has 7 nitrogen and oxygen atoms in total. The van der Waals surface area contributed by atoms with Gasteiger partial charge < -0.3 is 19.9 Å². The molecule has 1 saturated heterocycles. The Labute approximate surface area is 170 Å². The monoisotopic (exact) mass is 389 g/mol. The number of methoxy groups -OCH3 is 1. The van der Waals surface area contributed by atoms with E-state index in [2.05, 4.69) is 20.2 Å². The van der Waals surface area contributed by atoms with E-state index >= 15 is 0 Å². The van der Waals surface area contributed by atoms with Crippen LogP contribution in [-0.4, -0.2) is 54.1 Å². The van der Waals surface area contributed by atoms with Crippen molar-refractivity contribution in [2.24, 2.45) is 0 Å². The van der Waals surface area contributed by atoms with Gasteiger partial charge in [0, 0.05) is 38.1 Å². The molecule has 0 saturated carbocycles. The molecule has 1 aliphatic rings. The van der Waals surface area contributed by atoms with Gasteiger partial charge in [-0.1, -0.05) is 30.3 Å². The SMILES string of the molecule is COc1ccccc1N1CCN(C(=O)c2ccnc(Nc3ccccc3)n2)CC1. The van der Waals surface area contributed by atoms with Crippen LogP contribution in [-0.2, 0) is 0 Å². The first-order chi connectivity index (χ1) is 14.2. The van der Waals surface area contributed by atoms with Crippen LogP contribution in [0.15, 0.2) is 66.9 Å². The number of piperazine rings is 1. The standard InChI is InChI=1S/C22H23N5O2/c1-29-20-10-6-5-9-19(20)26-13-15-27(16-14-26)21(28)18-11-12-23-22(25-18)24-17-7-3-2-4-8-17/h2-12H,13-16H2,1H3,(H,23,24,25). The highest BCUT2D eigenvalue weighted by atomic mass is 16.5. The second-order valence-corrected chi connectivity index (χ2v) is 6.71. The minimum absolute atomic E-state index is 0.0804. The van der Waals surface area contributed by atoms with Crippen molar-refractivity contribution in [2.75, 3.05) is 43.5 Å². The Morgan fingerprint density at radius 2 is 1.69 bits per heavy atom. The number of hydrogen-bond donors (Lipinski definition) is 1. The highest BCUT2D eigenvalue weighted by Crippen LogP contribution is 2.28. The lowest BCUT2D eigenvalue weighted by molar-refractivity contribution is 0.0740. The first-order valence-electron chi connectivity index (χ1n) is 9.57. The number of ether oxygens (including phenoxy) is 1. The lowest BCUT2D eigenvalue weighted by Crippen LogP contribution is -2.49. The fraction of sp³-hybridized carbons (Fsp3) is 0.227. The number of rotatable bonds is 5. The summed E-state index contributed by atoms with van der Waals surface area (Å²) in [6.45, 7) is 2.74. The fourth-order valence-electron chi connectivity index (χ4n) is 3.39. The number of nitrogens with zero attached hydrogens (tertiary/aromatic N) is 4. The molecule has 7 heteroatoms.